The summed E-state index contributed by atoms with van der Waals surface area (Å²) in [4.78, 5) is 4.06. The molecule has 3 nitrogen and oxygen atoms in total. The van der Waals surface area contributed by atoms with Crippen molar-refractivity contribution < 1.29 is 0 Å². The van der Waals surface area contributed by atoms with Crippen molar-refractivity contribution in [1.82, 2.24) is 4.98 Å². The van der Waals surface area contributed by atoms with Crippen LogP contribution in [0.15, 0.2) is 41.1 Å². The van der Waals surface area contributed by atoms with E-state index in [0.29, 0.717) is 11.7 Å². The van der Waals surface area contributed by atoms with Crippen LogP contribution in [0.5, 0.6) is 0 Å². The molecule has 0 saturated heterocycles. The summed E-state index contributed by atoms with van der Waals surface area (Å²) in [7, 11) is 0. The monoisotopic (exact) mass is 317 g/mol. The van der Waals surface area contributed by atoms with Gasteiger partial charge in [0.05, 0.1) is 22.0 Å². The van der Waals surface area contributed by atoms with Crippen molar-refractivity contribution in [3.63, 3.8) is 0 Å². The zero-order valence-corrected chi connectivity index (χ0v) is 12.2. The Bertz CT molecular complexity index is 577. The van der Waals surface area contributed by atoms with E-state index in [1.54, 1.807) is 12.4 Å². The van der Waals surface area contributed by atoms with Crippen molar-refractivity contribution >= 4 is 27.3 Å². The Morgan fingerprint density at radius 2 is 2.00 bits per heavy atom. The minimum Gasteiger partial charge on any atom is -0.396 e. The van der Waals surface area contributed by atoms with Crippen LogP contribution >= 0.6 is 15.9 Å². The number of benzene rings is 1. The van der Waals surface area contributed by atoms with Crippen LogP contribution in [0.1, 0.15) is 17.5 Å². The van der Waals surface area contributed by atoms with Crippen LogP contribution in [-0.2, 0) is 12.8 Å². The number of rotatable bonds is 2. The molecule has 3 rings (SSSR count). The number of pyridine rings is 1. The van der Waals surface area contributed by atoms with Gasteiger partial charge in [0.1, 0.15) is 0 Å². The number of anilines is 2. The molecule has 2 aromatic rings. The maximum Gasteiger partial charge on any atom is 0.0752 e. The topological polar surface area (TPSA) is 50.9 Å². The van der Waals surface area contributed by atoms with E-state index in [0.717, 1.165) is 29.4 Å². The van der Waals surface area contributed by atoms with E-state index in [4.69, 9.17) is 5.73 Å². The molecule has 0 aliphatic heterocycles. The van der Waals surface area contributed by atoms with E-state index in [-0.39, 0.29) is 0 Å². The van der Waals surface area contributed by atoms with Crippen molar-refractivity contribution in [2.75, 3.05) is 11.1 Å². The number of nitrogens with one attached hydrogen (secondary N) is 1. The van der Waals surface area contributed by atoms with Gasteiger partial charge in [0.15, 0.2) is 0 Å². The third-order valence-electron chi connectivity index (χ3n) is 3.62. The van der Waals surface area contributed by atoms with E-state index in [2.05, 4.69) is 50.5 Å². The first-order valence-corrected chi connectivity index (χ1v) is 7.25. The molecule has 1 heterocycles. The number of hydrogen-bond donors (Lipinski definition) is 2. The predicted molar refractivity (Wildman–Crippen MR) is 82.2 cm³/mol. The number of aryl methyl sites for hydroxylation is 1. The highest BCUT2D eigenvalue weighted by atomic mass is 79.9. The molecule has 1 aliphatic carbocycles. The van der Waals surface area contributed by atoms with Gasteiger partial charge in [-0.25, -0.2) is 0 Å². The summed E-state index contributed by atoms with van der Waals surface area (Å²) in [6, 6.07) is 9.09. The minimum absolute atomic E-state index is 0.427. The van der Waals surface area contributed by atoms with Gasteiger partial charge in [0.25, 0.3) is 0 Å². The highest BCUT2D eigenvalue weighted by molar-refractivity contribution is 9.10. The molecule has 1 aromatic heterocycles. The smallest absolute Gasteiger partial charge is 0.0752 e. The molecule has 0 fully saturated rings. The quantitative estimate of drug-likeness (QED) is 0.892. The molecule has 4 heteroatoms. The fourth-order valence-electron chi connectivity index (χ4n) is 2.63. The maximum absolute atomic E-state index is 5.98. The average molecular weight is 318 g/mol. The summed E-state index contributed by atoms with van der Waals surface area (Å²) in [5, 5.41) is 3.55. The van der Waals surface area contributed by atoms with Gasteiger partial charge in [-0.05, 0) is 46.3 Å². The Kier molecular flexibility index (Phi) is 3.42. The van der Waals surface area contributed by atoms with Crippen molar-refractivity contribution in [2.45, 2.75) is 25.3 Å². The van der Waals surface area contributed by atoms with E-state index < -0.39 is 0 Å². The second kappa shape index (κ2) is 5.21. The van der Waals surface area contributed by atoms with Gasteiger partial charge >= 0.3 is 0 Å². The van der Waals surface area contributed by atoms with Crippen molar-refractivity contribution in [2.24, 2.45) is 0 Å². The molecule has 1 unspecified atom stereocenters. The molecule has 19 heavy (non-hydrogen) atoms. The zero-order valence-electron chi connectivity index (χ0n) is 10.6. The van der Waals surface area contributed by atoms with Gasteiger partial charge in [-0.2, -0.15) is 0 Å². The summed E-state index contributed by atoms with van der Waals surface area (Å²) in [5.74, 6) is 0. The van der Waals surface area contributed by atoms with Crippen LogP contribution in [0, 0.1) is 0 Å². The van der Waals surface area contributed by atoms with Crippen LogP contribution in [0.2, 0.25) is 0 Å². The Morgan fingerprint density at radius 1 is 1.21 bits per heavy atom. The minimum atomic E-state index is 0.427. The first kappa shape index (κ1) is 12.5. The van der Waals surface area contributed by atoms with Gasteiger partial charge in [-0.1, -0.05) is 24.3 Å². The van der Waals surface area contributed by atoms with Crippen LogP contribution in [0.3, 0.4) is 0 Å². The highest BCUT2D eigenvalue weighted by Gasteiger charge is 2.19. The van der Waals surface area contributed by atoms with E-state index in [9.17, 15) is 0 Å². The molecule has 1 aliphatic rings. The Balaban J connectivity index is 1.79. The number of hydrogen-bond acceptors (Lipinski definition) is 3. The molecule has 0 saturated carbocycles. The Morgan fingerprint density at radius 3 is 2.79 bits per heavy atom. The summed E-state index contributed by atoms with van der Waals surface area (Å²) in [6.07, 6.45) is 6.76. The maximum atomic E-state index is 5.98. The number of halogens is 1. The number of fused-ring (bicyclic) bond motifs is 1. The number of nitrogens with two attached hydrogens (primary N) is 1. The molecule has 1 atom stereocenters. The first-order valence-electron chi connectivity index (χ1n) is 6.46. The zero-order chi connectivity index (χ0) is 13.2. The normalized spacial score (nSPS) is 17.8. The van der Waals surface area contributed by atoms with Crippen LogP contribution in [-0.4, -0.2) is 11.0 Å². The van der Waals surface area contributed by atoms with E-state index in [1.807, 2.05) is 0 Å². The largest absolute Gasteiger partial charge is 0.396 e. The summed E-state index contributed by atoms with van der Waals surface area (Å²) >= 11 is 3.50. The second-order valence-corrected chi connectivity index (χ2v) is 5.79. The molecule has 0 radical (unpaired) electrons. The summed E-state index contributed by atoms with van der Waals surface area (Å²) in [6.45, 7) is 0. The summed E-state index contributed by atoms with van der Waals surface area (Å²) in [5.41, 5.74) is 10.5. The third-order valence-corrected chi connectivity index (χ3v) is 4.23. The van der Waals surface area contributed by atoms with E-state index >= 15 is 0 Å². The fraction of sp³-hybridized carbons (Fsp3) is 0.267. The lowest BCUT2D eigenvalue weighted by atomic mass is 9.88. The van der Waals surface area contributed by atoms with Crippen LogP contribution in [0.4, 0.5) is 11.4 Å². The number of aromatic nitrogens is 1. The van der Waals surface area contributed by atoms with Crippen molar-refractivity contribution in [3.05, 3.63) is 52.3 Å². The van der Waals surface area contributed by atoms with Gasteiger partial charge in [-0.3, -0.25) is 4.98 Å². The lowest BCUT2D eigenvalue weighted by Crippen LogP contribution is -2.27. The van der Waals surface area contributed by atoms with E-state index in [1.165, 1.54) is 11.1 Å². The number of nitrogen functional groups attached to an aromatic ring is 1. The lowest BCUT2D eigenvalue weighted by molar-refractivity contribution is 0.611. The molecule has 98 valence electrons. The molecule has 3 N–H and O–H groups in total. The van der Waals surface area contributed by atoms with Crippen LogP contribution < -0.4 is 11.1 Å². The van der Waals surface area contributed by atoms with Gasteiger partial charge in [-0.15, -0.1) is 0 Å². The van der Waals surface area contributed by atoms with Crippen molar-refractivity contribution in [1.29, 1.82) is 0 Å². The molecule has 0 spiro atoms. The number of nitrogens with zero attached hydrogens (tertiary/aromatic N) is 1. The second-order valence-electron chi connectivity index (χ2n) is 4.94. The average Bonchev–Trinajstić information content (AvgIpc) is 2.43. The predicted octanol–water partition coefficient (Wildman–Crippen LogP) is 3.40. The molecule has 0 bridgehead atoms. The Labute approximate surface area is 121 Å². The Hall–Kier alpha value is -1.55. The molecular formula is C15H16BrN3. The fourth-order valence-corrected chi connectivity index (χ4v) is 3.09. The third kappa shape index (κ3) is 2.59. The standard InChI is InChI=1S/C15H16BrN3/c16-13-8-18-9-14(17)15(13)19-12-6-5-10-3-1-2-4-11(10)7-12/h1-4,8-9,12H,5-7,17H2,(H,18,19). The molecular weight excluding hydrogens is 302 g/mol. The van der Waals surface area contributed by atoms with Gasteiger partial charge in [0, 0.05) is 12.2 Å². The SMILES string of the molecule is Nc1cncc(Br)c1NC1CCc2ccccc2C1. The summed E-state index contributed by atoms with van der Waals surface area (Å²) < 4.78 is 0.923. The molecule has 0 amide bonds. The highest BCUT2D eigenvalue weighted by Crippen LogP contribution is 2.30. The van der Waals surface area contributed by atoms with Crippen molar-refractivity contribution in [3.8, 4) is 0 Å². The lowest BCUT2D eigenvalue weighted by Gasteiger charge is -2.27. The van der Waals surface area contributed by atoms with Crippen LogP contribution in [0.25, 0.3) is 0 Å². The van der Waals surface area contributed by atoms with Gasteiger partial charge in [0.2, 0.25) is 0 Å². The first-order chi connectivity index (χ1) is 9.24. The molecule has 1 aromatic carbocycles. The van der Waals surface area contributed by atoms with Gasteiger partial charge < -0.3 is 11.1 Å².